The van der Waals surface area contributed by atoms with Crippen LogP contribution >= 0.6 is 0 Å². The van der Waals surface area contributed by atoms with Gasteiger partial charge in [-0.25, -0.2) is 13.5 Å². The highest BCUT2D eigenvalue weighted by atomic mass is 32.2. The molecule has 0 aliphatic rings. The molecule has 0 spiro atoms. The van der Waals surface area contributed by atoms with E-state index in [0.29, 0.717) is 22.5 Å². The van der Waals surface area contributed by atoms with Crippen LogP contribution in [-0.2, 0) is 18.4 Å². The number of nitrogens with one attached hydrogen (secondary N) is 1. The molecular formula is C21H21F2N3O3S. The molecule has 158 valence electrons. The van der Waals surface area contributed by atoms with Gasteiger partial charge in [0.15, 0.2) is 11.6 Å². The Balaban J connectivity index is 2.16. The molecule has 0 fully saturated rings. The number of halogens is 2. The summed E-state index contributed by atoms with van der Waals surface area (Å²) in [5, 5.41) is 0. The molecule has 1 aromatic heterocycles. The van der Waals surface area contributed by atoms with Crippen LogP contribution in [0.15, 0.2) is 53.5 Å². The second kappa shape index (κ2) is 8.76. The average Bonchev–Trinajstić information content (AvgIpc) is 2.66. The third-order valence-corrected chi connectivity index (χ3v) is 4.84. The number of aryl methyl sites for hydroxylation is 1. The Hall–Kier alpha value is -3.04. The van der Waals surface area contributed by atoms with Gasteiger partial charge in [-0.15, -0.1) is 0 Å². The van der Waals surface area contributed by atoms with Crippen molar-refractivity contribution in [1.29, 1.82) is 0 Å². The lowest BCUT2D eigenvalue weighted by Gasteiger charge is -2.18. The van der Waals surface area contributed by atoms with Gasteiger partial charge in [-0.2, -0.15) is 0 Å². The Morgan fingerprint density at radius 1 is 1.10 bits per heavy atom. The number of ether oxygens (including phenoxy) is 1. The van der Waals surface area contributed by atoms with Crippen LogP contribution in [0.1, 0.15) is 0 Å². The summed E-state index contributed by atoms with van der Waals surface area (Å²) in [6, 6.07) is 9.65. The third-order valence-electron chi connectivity index (χ3n) is 4.31. The lowest BCUT2D eigenvalue weighted by molar-refractivity contribution is 0.439. The van der Waals surface area contributed by atoms with Crippen molar-refractivity contribution in [3.8, 4) is 22.6 Å². The molecule has 0 saturated heterocycles. The Morgan fingerprint density at radius 2 is 1.80 bits per heavy atom. The molecule has 30 heavy (non-hydrogen) atoms. The first kappa shape index (κ1) is 21.7. The molecule has 0 radical (unpaired) electrons. The lowest BCUT2D eigenvalue weighted by atomic mass is 10.0. The van der Waals surface area contributed by atoms with Crippen LogP contribution in [0.25, 0.3) is 11.1 Å². The van der Waals surface area contributed by atoms with E-state index in [4.69, 9.17) is 4.74 Å². The highest BCUT2D eigenvalue weighted by Crippen LogP contribution is 2.37. The van der Waals surface area contributed by atoms with Crippen molar-refractivity contribution < 1.29 is 18.1 Å². The maximum absolute atomic E-state index is 14.1. The number of hydrogen-bond acceptors (Lipinski definition) is 5. The summed E-state index contributed by atoms with van der Waals surface area (Å²) in [4.78, 5) is 14.1. The number of nitrogens with zero attached hydrogens (tertiary/aromatic N) is 2. The topological polar surface area (TPSA) is 69.6 Å². The van der Waals surface area contributed by atoms with Crippen molar-refractivity contribution in [1.82, 2.24) is 4.57 Å². The predicted molar refractivity (Wildman–Crippen MR) is 116 cm³/mol. The van der Waals surface area contributed by atoms with Gasteiger partial charge < -0.3 is 18.8 Å². The van der Waals surface area contributed by atoms with Crippen LogP contribution in [0.2, 0.25) is 0 Å². The largest absolute Gasteiger partial charge is 0.593 e. The first-order chi connectivity index (χ1) is 14.2. The van der Waals surface area contributed by atoms with Gasteiger partial charge in [0, 0.05) is 44.5 Å². The molecule has 1 heterocycles. The second-order valence-electron chi connectivity index (χ2n) is 6.87. The van der Waals surface area contributed by atoms with Gasteiger partial charge in [0.25, 0.3) is 5.56 Å². The number of anilines is 2. The molecule has 2 aromatic carbocycles. The zero-order valence-corrected chi connectivity index (χ0v) is 17.7. The monoisotopic (exact) mass is 433 g/mol. The molecule has 1 atom stereocenters. The summed E-state index contributed by atoms with van der Waals surface area (Å²) >= 11 is -1.31. The van der Waals surface area contributed by atoms with Crippen molar-refractivity contribution >= 4 is 22.7 Å². The van der Waals surface area contributed by atoms with E-state index in [1.165, 1.54) is 16.9 Å². The first-order valence-corrected chi connectivity index (χ1v) is 10.5. The summed E-state index contributed by atoms with van der Waals surface area (Å²) in [5.74, 6) is -1.41. The van der Waals surface area contributed by atoms with Crippen LogP contribution in [0.4, 0.5) is 20.2 Å². The Bertz CT molecular complexity index is 1130. The second-order valence-corrected chi connectivity index (χ2v) is 7.98. The molecule has 9 heteroatoms. The minimum atomic E-state index is -1.31. The fraction of sp³-hybridized carbons (Fsp3) is 0.190. The number of benzene rings is 2. The first-order valence-electron chi connectivity index (χ1n) is 8.91. The van der Waals surface area contributed by atoms with Crippen molar-refractivity contribution in [3.63, 3.8) is 0 Å². The molecule has 0 aliphatic carbocycles. The highest BCUT2D eigenvalue weighted by molar-refractivity contribution is 7.92. The number of pyridine rings is 1. The van der Waals surface area contributed by atoms with Crippen molar-refractivity contribution in [3.05, 3.63) is 70.6 Å². The zero-order valence-electron chi connectivity index (χ0n) is 16.9. The van der Waals surface area contributed by atoms with E-state index in [9.17, 15) is 18.1 Å². The van der Waals surface area contributed by atoms with Gasteiger partial charge in [-0.1, -0.05) is 0 Å². The van der Waals surface area contributed by atoms with Crippen molar-refractivity contribution in [2.45, 2.75) is 0 Å². The zero-order chi connectivity index (χ0) is 22.0. The molecule has 0 amide bonds. The van der Waals surface area contributed by atoms with Crippen LogP contribution in [0, 0.1) is 11.6 Å². The Kier molecular flexibility index (Phi) is 6.33. The highest BCUT2D eigenvalue weighted by Gasteiger charge is 2.16. The minimum Gasteiger partial charge on any atom is -0.593 e. The van der Waals surface area contributed by atoms with E-state index in [1.54, 1.807) is 56.5 Å². The molecule has 1 unspecified atom stereocenters. The molecule has 3 rings (SSSR count). The van der Waals surface area contributed by atoms with Crippen LogP contribution < -0.4 is 19.9 Å². The third kappa shape index (κ3) is 4.74. The fourth-order valence-corrected chi connectivity index (χ4v) is 3.37. The summed E-state index contributed by atoms with van der Waals surface area (Å²) in [5.41, 5.74) is 1.99. The van der Waals surface area contributed by atoms with Crippen LogP contribution in [0.5, 0.6) is 11.5 Å². The van der Waals surface area contributed by atoms with E-state index in [0.717, 1.165) is 12.1 Å². The van der Waals surface area contributed by atoms with E-state index in [-0.39, 0.29) is 17.1 Å². The summed E-state index contributed by atoms with van der Waals surface area (Å²) in [7, 11) is 5.14. The molecule has 1 N–H and O–H groups in total. The molecule has 6 nitrogen and oxygen atoms in total. The van der Waals surface area contributed by atoms with E-state index in [1.807, 2.05) is 0 Å². The quantitative estimate of drug-likeness (QED) is 0.598. The van der Waals surface area contributed by atoms with Gasteiger partial charge >= 0.3 is 0 Å². The molecule has 0 saturated carbocycles. The Labute approximate surface area is 176 Å². The van der Waals surface area contributed by atoms with E-state index >= 15 is 0 Å². The SMILES string of the molecule is CN(C)c1cc(-c2cc(N[S+](C)[O-])ccc2Oc2ccc(F)cc2F)cn(C)c1=O. The normalized spacial score (nSPS) is 11.8. The average molecular weight is 433 g/mol. The van der Waals surface area contributed by atoms with E-state index < -0.39 is 23.0 Å². The van der Waals surface area contributed by atoms with Gasteiger partial charge in [0.1, 0.15) is 23.5 Å². The summed E-state index contributed by atoms with van der Waals surface area (Å²) < 4.78 is 48.9. The van der Waals surface area contributed by atoms with Gasteiger partial charge in [0.05, 0.1) is 17.0 Å². The number of aromatic nitrogens is 1. The molecular weight excluding hydrogens is 412 g/mol. The smallest absolute Gasteiger partial charge is 0.273 e. The van der Waals surface area contributed by atoms with Crippen LogP contribution in [-0.4, -0.2) is 29.5 Å². The Morgan fingerprint density at radius 3 is 2.43 bits per heavy atom. The van der Waals surface area contributed by atoms with Gasteiger partial charge in [-0.3, -0.25) is 4.79 Å². The summed E-state index contributed by atoms with van der Waals surface area (Å²) in [6.07, 6.45) is 3.12. The number of rotatable bonds is 6. The lowest BCUT2D eigenvalue weighted by Crippen LogP contribution is -2.25. The molecule has 0 bridgehead atoms. The van der Waals surface area contributed by atoms with Gasteiger partial charge in [0.2, 0.25) is 0 Å². The van der Waals surface area contributed by atoms with Gasteiger partial charge in [-0.05, 0) is 36.4 Å². The molecule has 0 aliphatic heterocycles. The minimum absolute atomic E-state index is 0.143. The molecule has 3 aromatic rings. The van der Waals surface area contributed by atoms with Crippen molar-refractivity contribution in [2.24, 2.45) is 7.05 Å². The number of hydrogen-bond donors (Lipinski definition) is 1. The standard InChI is InChI=1S/C21H21F2N3O3S/c1-25(2)18-9-13(12-26(3)21(18)27)16-11-15(24-30(4)28)6-8-19(16)29-20-7-5-14(22)10-17(20)23/h5-12,24H,1-4H3. The van der Waals surface area contributed by atoms with E-state index in [2.05, 4.69) is 4.72 Å². The predicted octanol–water partition coefficient (Wildman–Crippen LogP) is 3.89. The maximum atomic E-state index is 14.1. The fourth-order valence-electron chi connectivity index (χ4n) is 2.91. The van der Waals surface area contributed by atoms with Crippen LogP contribution in [0.3, 0.4) is 0 Å². The summed E-state index contributed by atoms with van der Waals surface area (Å²) in [6.45, 7) is 0. The maximum Gasteiger partial charge on any atom is 0.273 e. The van der Waals surface area contributed by atoms with Crippen molar-refractivity contribution in [2.75, 3.05) is 30.0 Å².